The molecule has 1 aromatic heterocycles. The second-order valence-corrected chi connectivity index (χ2v) is 6.04. The molecule has 1 aliphatic heterocycles. The summed E-state index contributed by atoms with van der Waals surface area (Å²) in [6, 6.07) is 0. The quantitative estimate of drug-likeness (QED) is 0.882. The summed E-state index contributed by atoms with van der Waals surface area (Å²) in [4.78, 5) is 14.3. The number of anilines is 1. The Kier molecular flexibility index (Phi) is 5.24. The first-order valence-electron chi connectivity index (χ1n) is 7.19. The predicted octanol–water partition coefficient (Wildman–Crippen LogP) is 1.12. The van der Waals surface area contributed by atoms with Crippen LogP contribution in [0.4, 0.5) is 5.69 Å². The number of halogens is 1. The zero-order chi connectivity index (χ0) is 15.5. The summed E-state index contributed by atoms with van der Waals surface area (Å²) in [6.07, 6.45) is 3.70. The van der Waals surface area contributed by atoms with Gasteiger partial charge in [-0.05, 0) is 26.8 Å². The summed E-state index contributed by atoms with van der Waals surface area (Å²) in [5, 5.41) is 7.79. The van der Waals surface area contributed by atoms with Gasteiger partial charge < -0.3 is 15.0 Å². The monoisotopic (exact) mass is 314 g/mol. The Balaban J connectivity index is 2.15. The van der Waals surface area contributed by atoms with Crippen LogP contribution in [-0.4, -0.2) is 49.2 Å². The van der Waals surface area contributed by atoms with Crippen LogP contribution in [0.2, 0.25) is 5.02 Å². The second kappa shape index (κ2) is 6.77. The highest BCUT2D eigenvalue weighted by Crippen LogP contribution is 2.28. The van der Waals surface area contributed by atoms with Crippen molar-refractivity contribution in [2.24, 2.45) is 0 Å². The van der Waals surface area contributed by atoms with Crippen LogP contribution in [0, 0.1) is 0 Å². The van der Waals surface area contributed by atoms with Gasteiger partial charge in [-0.1, -0.05) is 11.6 Å². The summed E-state index contributed by atoms with van der Waals surface area (Å²) in [5.74, 6) is 0. The molecule has 2 rings (SSSR count). The van der Waals surface area contributed by atoms with E-state index in [0.29, 0.717) is 13.2 Å². The zero-order valence-electron chi connectivity index (χ0n) is 12.9. The van der Waals surface area contributed by atoms with Gasteiger partial charge in [0.05, 0.1) is 25.0 Å². The van der Waals surface area contributed by atoms with E-state index < -0.39 is 0 Å². The molecule has 0 unspecified atom stereocenters. The third-order valence-electron chi connectivity index (χ3n) is 4.28. The maximum Gasteiger partial charge on any atom is 0.287 e. The molecule has 1 fully saturated rings. The van der Waals surface area contributed by atoms with E-state index in [0.717, 1.165) is 31.6 Å². The fourth-order valence-corrected chi connectivity index (χ4v) is 2.77. The molecule has 0 spiro atoms. The molecule has 21 heavy (non-hydrogen) atoms. The number of nitrogens with zero attached hydrogens (tertiary/aromatic N) is 3. The number of aromatic nitrogens is 2. The van der Waals surface area contributed by atoms with Crippen LogP contribution in [0.15, 0.2) is 11.0 Å². The Bertz CT molecular complexity index is 538. The second-order valence-electron chi connectivity index (χ2n) is 5.66. The molecule has 118 valence electrons. The molecule has 0 amide bonds. The molecule has 1 aromatic rings. The van der Waals surface area contributed by atoms with Crippen LogP contribution in [0.5, 0.6) is 0 Å². The lowest BCUT2D eigenvalue weighted by Crippen LogP contribution is -2.50. The van der Waals surface area contributed by atoms with Crippen molar-refractivity contribution in [2.75, 3.05) is 38.8 Å². The molecule has 1 N–H and O–H groups in total. The van der Waals surface area contributed by atoms with E-state index in [1.165, 1.54) is 4.68 Å². The molecule has 0 aliphatic carbocycles. The summed E-state index contributed by atoms with van der Waals surface area (Å²) in [6.45, 7) is 4.79. The van der Waals surface area contributed by atoms with Gasteiger partial charge in [-0.3, -0.25) is 4.79 Å². The van der Waals surface area contributed by atoms with Crippen molar-refractivity contribution < 1.29 is 4.74 Å². The van der Waals surface area contributed by atoms with Crippen molar-refractivity contribution >= 4 is 17.3 Å². The lowest BCUT2D eigenvalue weighted by atomic mass is 9.90. The van der Waals surface area contributed by atoms with E-state index >= 15 is 0 Å². The van der Waals surface area contributed by atoms with Gasteiger partial charge in [0.2, 0.25) is 0 Å². The van der Waals surface area contributed by atoms with E-state index in [1.54, 1.807) is 13.3 Å². The first-order valence-corrected chi connectivity index (χ1v) is 7.57. The minimum atomic E-state index is -0.256. The van der Waals surface area contributed by atoms with E-state index in [1.807, 2.05) is 7.05 Å². The standard InChI is InChI=1S/C14H23ClN4O2/c1-14(16-2)4-6-18(7-5-14)11-10-17-19(8-9-21-3)13(20)12(11)15/h10,16H,4-9H2,1-3H3. The number of hydrogen-bond acceptors (Lipinski definition) is 5. The summed E-state index contributed by atoms with van der Waals surface area (Å²) in [5.41, 5.74) is 0.630. The first-order chi connectivity index (χ1) is 10.0. The maximum atomic E-state index is 12.2. The average Bonchev–Trinajstić information content (AvgIpc) is 2.50. The minimum Gasteiger partial charge on any atom is -0.383 e. The molecule has 1 saturated heterocycles. The number of piperidine rings is 1. The highest BCUT2D eigenvalue weighted by molar-refractivity contribution is 6.33. The van der Waals surface area contributed by atoms with E-state index in [9.17, 15) is 4.79 Å². The molecule has 1 aliphatic rings. The molecule has 0 aromatic carbocycles. The van der Waals surface area contributed by atoms with Crippen LogP contribution in [-0.2, 0) is 11.3 Å². The van der Waals surface area contributed by atoms with Crippen molar-refractivity contribution in [3.8, 4) is 0 Å². The van der Waals surface area contributed by atoms with Crippen molar-refractivity contribution in [3.05, 3.63) is 21.6 Å². The van der Waals surface area contributed by atoms with Gasteiger partial charge >= 0.3 is 0 Å². The van der Waals surface area contributed by atoms with Gasteiger partial charge in [0, 0.05) is 25.7 Å². The topological polar surface area (TPSA) is 59.4 Å². The molecular formula is C14H23ClN4O2. The van der Waals surface area contributed by atoms with Crippen LogP contribution in [0.3, 0.4) is 0 Å². The lowest BCUT2D eigenvalue weighted by molar-refractivity contribution is 0.182. The van der Waals surface area contributed by atoms with Crippen molar-refractivity contribution in [1.82, 2.24) is 15.1 Å². The lowest BCUT2D eigenvalue weighted by Gasteiger charge is -2.40. The van der Waals surface area contributed by atoms with Crippen molar-refractivity contribution in [3.63, 3.8) is 0 Å². The first kappa shape index (κ1) is 16.3. The predicted molar refractivity (Wildman–Crippen MR) is 84.3 cm³/mol. The van der Waals surface area contributed by atoms with Gasteiger partial charge in [-0.2, -0.15) is 5.10 Å². The highest BCUT2D eigenvalue weighted by Gasteiger charge is 2.29. The van der Waals surface area contributed by atoms with Gasteiger partial charge in [0.25, 0.3) is 5.56 Å². The van der Waals surface area contributed by atoms with Crippen LogP contribution < -0.4 is 15.8 Å². The van der Waals surface area contributed by atoms with Gasteiger partial charge in [0.15, 0.2) is 0 Å². The van der Waals surface area contributed by atoms with E-state index in [2.05, 4.69) is 22.2 Å². The molecule has 2 heterocycles. The van der Waals surface area contributed by atoms with Gasteiger partial charge in [-0.25, -0.2) is 4.68 Å². The van der Waals surface area contributed by atoms with Crippen LogP contribution in [0.1, 0.15) is 19.8 Å². The summed E-state index contributed by atoms with van der Waals surface area (Å²) in [7, 11) is 3.58. The average molecular weight is 315 g/mol. The Morgan fingerprint density at radius 2 is 2.14 bits per heavy atom. The Labute approximate surface area is 130 Å². The number of nitrogens with one attached hydrogen (secondary N) is 1. The molecule has 0 radical (unpaired) electrons. The largest absolute Gasteiger partial charge is 0.383 e. The molecule has 0 saturated carbocycles. The molecule has 0 bridgehead atoms. The molecule has 6 nitrogen and oxygen atoms in total. The molecule has 0 atom stereocenters. The maximum absolute atomic E-state index is 12.2. The summed E-state index contributed by atoms with van der Waals surface area (Å²) < 4.78 is 6.31. The van der Waals surface area contributed by atoms with Crippen molar-refractivity contribution in [1.29, 1.82) is 0 Å². The molecular weight excluding hydrogens is 292 g/mol. The van der Waals surface area contributed by atoms with E-state index in [4.69, 9.17) is 16.3 Å². The Hall–Kier alpha value is -1.11. The van der Waals surface area contributed by atoms with E-state index in [-0.39, 0.29) is 16.1 Å². The fraction of sp³-hybridized carbons (Fsp3) is 0.714. The molecule has 7 heteroatoms. The fourth-order valence-electron chi connectivity index (χ4n) is 2.51. The van der Waals surface area contributed by atoms with Gasteiger partial charge in [-0.15, -0.1) is 0 Å². The highest BCUT2D eigenvalue weighted by atomic mass is 35.5. The summed E-state index contributed by atoms with van der Waals surface area (Å²) >= 11 is 6.24. The number of ether oxygens (including phenoxy) is 1. The normalized spacial score (nSPS) is 18.0. The third-order valence-corrected chi connectivity index (χ3v) is 4.64. The van der Waals surface area contributed by atoms with Crippen molar-refractivity contribution in [2.45, 2.75) is 31.8 Å². The smallest absolute Gasteiger partial charge is 0.287 e. The zero-order valence-corrected chi connectivity index (χ0v) is 13.6. The Morgan fingerprint density at radius 1 is 1.48 bits per heavy atom. The SMILES string of the molecule is CNC1(C)CCN(c2cnn(CCOC)c(=O)c2Cl)CC1. The minimum absolute atomic E-state index is 0.157. The van der Waals surface area contributed by atoms with Crippen LogP contribution >= 0.6 is 11.6 Å². The van der Waals surface area contributed by atoms with Crippen LogP contribution in [0.25, 0.3) is 0 Å². The third kappa shape index (κ3) is 3.56. The van der Waals surface area contributed by atoms with Gasteiger partial charge in [0.1, 0.15) is 5.02 Å². The number of rotatable bonds is 5. The number of hydrogen-bond donors (Lipinski definition) is 1. The number of methoxy groups -OCH3 is 1. The Morgan fingerprint density at radius 3 is 2.71 bits per heavy atom.